The van der Waals surface area contributed by atoms with Gasteiger partial charge in [0.15, 0.2) is 17.4 Å². The van der Waals surface area contributed by atoms with Gasteiger partial charge in [-0.05, 0) is 36.8 Å². The average Bonchev–Trinajstić information content (AvgIpc) is 3.16. The number of nitrogens with zero attached hydrogens (tertiary/aromatic N) is 2. The number of carbonyl (C=O) groups excluding carboxylic acids is 1. The van der Waals surface area contributed by atoms with Crippen LogP contribution in [0.5, 0.6) is 17.4 Å². The second-order valence-corrected chi connectivity index (χ2v) is 8.69. The van der Waals surface area contributed by atoms with Crippen LogP contribution in [0, 0.1) is 0 Å². The van der Waals surface area contributed by atoms with Crippen LogP contribution in [0.1, 0.15) is 29.3 Å². The van der Waals surface area contributed by atoms with Crippen LogP contribution in [0.3, 0.4) is 0 Å². The molecule has 2 N–H and O–H groups in total. The summed E-state index contributed by atoms with van der Waals surface area (Å²) in [5, 5.41) is 11.4. The summed E-state index contributed by atoms with van der Waals surface area (Å²) >= 11 is 1.88. The van der Waals surface area contributed by atoms with Crippen molar-refractivity contribution in [3.63, 3.8) is 0 Å². The summed E-state index contributed by atoms with van der Waals surface area (Å²) in [7, 11) is 3.15. The number of H-pyrrole nitrogens is 1. The fourth-order valence-electron chi connectivity index (χ4n) is 3.89. The third kappa shape index (κ3) is 4.27. The highest BCUT2D eigenvalue weighted by Crippen LogP contribution is 2.37. The van der Waals surface area contributed by atoms with Crippen LogP contribution >= 0.6 is 11.8 Å². The molecular weight excluding hydrogens is 426 g/mol. The smallest absolute Gasteiger partial charge is 0.253 e. The van der Waals surface area contributed by atoms with Gasteiger partial charge in [-0.3, -0.25) is 9.79 Å². The Balaban J connectivity index is 1.66. The van der Waals surface area contributed by atoms with Gasteiger partial charge in [-0.2, -0.15) is 11.8 Å². The lowest BCUT2D eigenvalue weighted by molar-refractivity contribution is 0.0772. The number of nitrogens with one attached hydrogen (secondary N) is 1. The highest BCUT2D eigenvalue weighted by molar-refractivity contribution is 7.99. The number of aromatic hydroxyl groups is 1. The first-order valence-corrected chi connectivity index (χ1v) is 11.7. The number of rotatable bonds is 6. The minimum Gasteiger partial charge on any atom is -0.494 e. The Morgan fingerprint density at radius 3 is 2.41 bits per heavy atom. The molecular formula is C24H27N3O4S. The maximum absolute atomic E-state index is 12.7. The Kier molecular flexibility index (Phi) is 6.60. The van der Waals surface area contributed by atoms with E-state index >= 15 is 0 Å². The van der Waals surface area contributed by atoms with Crippen molar-refractivity contribution in [2.75, 3.05) is 38.8 Å². The van der Waals surface area contributed by atoms with E-state index in [9.17, 15) is 9.90 Å². The minimum atomic E-state index is 0.0469. The van der Waals surface area contributed by atoms with Gasteiger partial charge in [-0.25, -0.2) is 0 Å². The molecule has 0 aliphatic carbocycles. The first-order valence-electron chi connectivity index (χ1n) is 10.6. The molecule has 1 aromatic heterocycles. The molecule has 0 unspecified atom stereocenters. The summed E-state index contributed by atoms with van der Waals surface area (Å²) in [6, 6.07) is 11.0. The molecule has 8 heteroatoms. The fraction of sp³-hybridized carbons (Fsp3) is 0.333. The molecule has 0 atom stereocenters. The van der Waals surface area contributed by atoms with Gasteiger partial charge in [-0.1, -0.05) is 6.92 Å². The van der Waals surface area contributed by atoms with Crippen LogP contribution in [0.25, 0.3) is 10.9 Å². The number of benzene rings is 2. The van der Waals surface area contributed by atoms with Crippen molar-refractivity contribution in [3.8, 4) is 17.4 Å². The van der Waals surface area contributed by atoms with Crippen molar-refractivity contribution in [2.24, 2.45) is 4.99 Å². The summed E-state index contributed by atoms with van der Waals surface area (Å²) in [6.45, 7) is 3.57. The zero-order valence-corrected chi connectivity index (χ0v) is 19.3. The summed E-state index contributed by atoms with van der Waals surface area (Å²) in [5.74, 6) is 3.24. The molecule has 4 rings (SSSR count). The van der Waals surface area contributed by atoms with E-state index in [0.29, 0.717) is 29.0 Å². The second-order valence-electron chi connectivity index (χ2n) is 7.46. The Morgan fingerprint density at radius 1 is 1.12 bits per heavy atom. The zero-order chi connectivity index (χ0) is 22.7. The molecule has 0 saturated carbocycles. The summed E-state index contributed by atoms with van der Waals surface area (Å²) in [5.41, 5.74) is 3.49. The number of aliphatic imine (C=N–C) groups is 1. The number of ether oxygens (including phenoxy) is 2. The van der Waals surface area contributed by atoms with Crippen molar-refractivity contribution in [1.82, 2.24) is 9.88 Å². The normalized spacial score (nSPS) is 14.6. The lowest BCUT2D eigenvalue weighted by Crippen LogP contribution is -2.37. The quantitative estimate of drug-likeness (QED) is 0.532. The molecule has 1 fully saturated rings. The standard InChI is InChI=1S/C24H27N3O4S/c1-4-18(22-17-13-20(30-2)21(31-3)14-19(17)26-23(22)28)25-16-7-5-15(6-8-16)24(29)27-9-11-32-12-10-27/h5-8,13-14,26,28H,4,9-12H2,1-3H3. The summed E-state index contributed by atoms with van der Waals surface area (Å²) in [6.07, 6.45) is 0.612. The van der Waals surface area contributed by atoms with Crippen LogP contribution in [0.15, 0.2) is 41.4 Å². The van der Waals surface area contributed by atoms with Crippen molar-refractivity contribution < 1.29 is 19.4 Å². The number of thioether (sulfide) groups is 1. The molecule has 1 saturated heterocycles. The second kappa shape index (κ2) is 9.56. The number of methoxy groups -OCH3 is 2. The SMILES string of the molecule is CCC(=Nc1ccc(C(=O)N2CCSCC2)cc1)c1c(O)[nH]c2cc(OC)c(OC)cc12. The molecule has 168 valence electrons. The molecule has 1 aliphatic rings. The largest absolute Gasteiger partial charge is 0.494 e. The fourth-order valence-corrected chi connectivity index (χ4v) is 4.80. The molecule has 0 radical (unpaired) electrons. The third-order valence-electron chi connectivity index (χ3n) is 5.58. The van der Waals surface area contributed by atoms with Gasteiger partial charge >= 0.3 is 0 Å². The van der Waals surface area contributed by atoms with Gasteiger partial charge in [0, 0.05) is 41.6 Å². The number of hydrogen-bond donors (Lipinski definition) is 2. The van der Waals surface area contributed by atoms with Crippen molar-refractivity contribution in [1.29, 1.82) is 0 Å². The Morgan fingerprint density at radius 2 is 1.78 bits per heavy atom. The molecule has 7 nitrogen and oxygen atoms in total. The maximum Gasteiger partial charge on any atom is 0.253 e. The topological polar surface area (TPSA) is 87.2 Å². The number of aromatic nitrogens is 1. The Hall–Kier alpha value is -3.13. The molecule has 3 aromatic rings. The van der Waals surface area contributed by atoms with Gasteiger partial charge in [0.05, 0.1) is 36.7 Å². The predicted molar refractivity (Wildman–Crippen MR) is 129 cm³/mol. The van der Waals surface area contributed by atoms with E-state index in [2.05, 4.69) is 4.98 Å². The van der Waals surface area contributed by atoms with Gasteiger partial charge in [0.25, 0.3) is 5.91 Å². The highest BCUT2D eigenvalue weighted by atomic mass is 32.2. The molecule has 2 heterocycles. The molecule has 0 spiro atoms. The van der Waals surface area contributed by atoms with E-state index in [0.717, 1.165) is 46.9 Å². The van der Waals surface area contributed by atoms with Crippen LogP contribution in [-0.4, -0.2) is 65.4 Å². The van der Waals surface area contributed by atoms with Gasteiger partial charge < -0.3 is 24.5 Å². The van der Waals surface area contributed by atoms with Crippen LogP contribution < -0.4 is 9.47 Å². The first-order chi connectivity index (χ1) is 15.5. The van der Waals surface area contributed by atoms with Crippen LogP contribution in [0.2, 0.25) is 0 Å². The van der Waals surface area contributed by atoms with E-state index in [1.807, 2.05) is 53.9 Å². The maximum atomic E-state index is 12.7. The monoisotopic (exact) mass is 453 g/mol. The lowest BCUT2D eigenvalue weighted by atomic mass is 10.1. The Bertz CT molecular complexity index is 1150. The summed E-state index contributed by atoms with van der Waals surface area (Å²) in [4.78, 5) is 22.4. The number of carbonyl (C=O) groups is 1. The number of aromatic amines is 1. The highest BCUT2D eigenvalue weighted by Gasteiger charge is 2.20. The molecule has 1 aliphatic heterocycles. The Labute approximate surface area is 191 Å². The third-order valence-corrected chi connectivity index (χ3v) is 6.53. The molecule has 1 amide bonds. The lowest BCUT2D eigenvalue weighted by Gasteiger charge is -2.26. The number of hydrogen-bond acceptors (Lipinski definition) is 6. The number of fused-ring (bicyclic) bond motifs is 1. The van der Waals surface area contributed by atoms with E-state index in [1.54, 1.807) is 20.3 Å². The molecule has 0 bridgehead atoms. The van der Waals surface area contributed by atoms with Gasteiger partial charge in [0.2, 0.25) is 0 Å². The van der Waals surface area contributed by atoms with E-state index < -0.39 is 0 Å². The van der Waals surface area contributed by atoms with Crippen molar-refractivity contribution in [2.45, 2.75) is 13.3 Å². The molecule has 2 aromatic carbocycles. The van der Waals surface area contributed by atoms with Gasteiger partial charge in [-0.15, -0.1) is 0 Å². The minimum absolute atomic E-state index is 0.0469. The first kappa shape index (κ1) is 22.1. The van der Waals surface area contributed by atoms with E-state index in [4.69, 9.17) is 14.5 Å². The summed E-state index contributed by atoms with van der Waals surface area (Å²) < 4.78 is 10.8. The van der Waals surface area contributed by atoms with Crippen LogP contribution in [0.4, 0.5) is 5.69 Å². The predicted octanol–water partition coefficient (Wildman–Crippen LogP) is 4.61. The average molecular weight is 454 g/mol. The number of amides is 1. The van der Waals surface area contributed by atoms with E-state index in [1.165, 1.54) is 0 Å². The van der Waals surface area contributed by atoms with Crippen LogP contribution in [-0.2, 0) is 0 Å². The van der Waals surface area contributed by atoms with Crippen molar-refractivity contribution in [3.05, 3.63) is 47.5 Å². The molecule has 32 heavy (non-hydrogen) atoms. The van der Waals surface area contributed by atoms with Gasteiger partial charge in [0.1, 0.15) is 0 Å². The zero-order valence-electron chi connectivity index (χ0n) is 18.5. The van der Waals surface area contributed by atoms with Crippen molar-refractivity contribution >= 4 is 40.0 Å². The van der Waals surface area contributed by atoms with E-state index in [-0.39, 0.29) is 11.8 Å².